The summed E-state index contributed by atoms with van der Waals surface area (Å²) in [7, 11) is 3.20. The summed E-state index contributed by atoms with van der Waals surface area (Å²) in [6.45, 7) is 1.62. The van der Waals surface area contributed by atoms with Crippen molar-refractivity contribution in [1.29, 1.82) is 0 Å². The monoisotopic (exact) mass is 661 g/mol. The molecule has 0 bridgehead atoms. The Bertz CT molecular complexity index is 2040. The van der Waals surface area contributed by atoms with E-state index in [0.29, 0.717) is 45.9 Å². The third-order valence-electron chi connectivity index (χ3n) is 9.90. The first-order valence-corrected chi connectivity index (χ1v) is 16.1. The fraction of sp³-hybridized carbons (Fsp3) is 0.231. The number of Topliss-reactive ketones (excluding diaryl/α,β-unsaturated/α-hetero) is 1. The third-order valence-corrected chi connectivity index (χ3v) is 10.2. The maximum absolute atomic E-state index is 14.2. The van der Waals surface area contributed by atoms with Crippen molar-refractivity contribution in [3.05, 3.63) is 117 Å². The molecule has 1 aliphatic heterocycles. The fourth-order valence-electron chi connectivity index (χ4n) is 7.61. The highest BCUT2D eigenvalue weighted by Crippen LogP contribution is 2.56. The summed E-state index contributed by atoms with van der Waals surface area (Å²) in [4.78, 5) is 56.4. The van der Waals surface area contributed by atoms with Gasteiger partial charge in [-0.2, -0.15) is 0 Å². The van der Waals surface area contributed by atoms with Gasteiger partial charge >= 0.3 is 0 Å². The summed E-state index contributed by atoms with van der Waals surface area (Å²) in [5.41, 5.74) is 4.57. The summed E-state index contributed by atoms with van der Waals surface area (Å²) in [6, 6.07) is 17.3. The van der Waals surface area contributed by atoms with E-state index < -0.39 is 23.7 Å². The van der Waals surface area contributed by atoms with Crippen LogP contribution in [-0.2, 0) is 19.2 Å². The van der Waals surface area contributed by atoms with Gasteiger partial charge in [0, 0.05) is 33.2 Å². The number of fused-ring (bicyclic) bond motifs is 3. The second-order valence-electron chi connectivity index (χ2n) is 12.5. The van der Waals surface area contributed by atoms with Gasteiger partial charge in [-0.25, -0.2) is 0 Å². The largest absolute Gasteiger partial charge is 0.508 e. The Kier molecular flexibility index (Phi) is 7.92. The SMILES string of the molecule is COc1ccc(OC)c(C=Cc2ccc(N3C(=O)C4CC=C5C(c6ccc(O)cc6Cl)C6=C(CC5C4C3=O)C(=O)C=C(C)C6=O)cc2)c1. The zero-order chi connectivity index (χ0) is 33.9. The number of allylic oxidation sites excluding steroid dienone is 6. The Labute approximate surface area is 282 Å². The number of ketones is 2. The smallest absolute Gasteiger partial charge is 0.238 e. The van der Waals surface area contributed by atoms with E-state index in [1.165, 1.54) is 23.1 Å². The Balaban J connectivity index is 1.21. The molecule has 4 aliphatic rings. The number of ether oxygens (including phenoxy) is 2. The first-order chi connectivity index (χ1) is 23.1. The quantitative estimate of drug-likeness (QED) is 0.133. The minimum absolute atomic E-state index is 0.0288. The van der Waals surface area contributed by atoms with Crippen LogP contribution in [-0.4, -0.2) is 42.7 Å². The lowest BCUT2D eigenvalue weighted by molar-refractivity contribution is -0.123. The predicted octanol–water partition coefficient (Wildman–Crippen LogP) is 6.87. The van der Waals surface area contributed by atoms with Gasteiger partial charge in [-0.3, -0.25) is 24.1 Å². The Hall–Kier alpha value is -5.21. The number of methoxy groups -OCH3 is 2. The van der Waals surface area contributed by atoms with Crippen LogP contribution in [0.5, 0.6) is 17.2 Å². The van der Waals surface area contributed by atoms with Crippen molar-refractivity contribution in [1.82, 2.24) is 0 Å². The van der Waals surface area contributed by atoms with Gasteiger partial charge in [0.2, 0.25) is 11.8 Å². The molecule has 3 aliphatic carbocycles. The Morgan fingerprint density at radius 3 is 2.38 bits per heavy atom. The van der Waals surface area contributed by atoms with E-state index >= 15 is 0 Å². The number of imide groups is 1. The van der Waals surface area contributed by atoms with Crippen LogP contribution in [0.1, 0.15) is 42.4 Å². The van der Waals surface area contributed by atoms with Crippen LogP contribution < -0.4 is 14.4 Å². The van der Waals surface area contributed by atoms with Crippen LogP contribution >= 0.6 is 11.6 Å². The molecule has 4 atom stereocenters. The van der Waals surface area contributed by atoms with Crippen LogP contribution in [0.2, 0.25) is 5.02 Å². The van der Waals surface area contributed by atoms with Crippen molar-refractivity contribution in [2.75, 3.05) is 19.1 Å². The molecule has 8 nitrogen and oxygen atoms in total. The summed E-state index contributed by atoms with van der Waals surface area (Å²) in [6.07, 6.45) is 7.59. The number of amides is 2. The highest BCUT2D eigenvalue weighted by molar-refractivity contribution is 6.32. The van der Waals surface area contributed by atoms with Gasteiger partial charge in [0.05, 0.1) is 31.7 Å². The third kappa shape index (κ3) is 5.08. The van der Waals surface area contributed by atoms with Gasteiger partial charge in [-0.1, -0.05) is 53.6 Å². The number of anilines is 1. The maximum Gasteiger partial charge on any atom is 0.238 e. The molecule has 48 heavy (non-hydrogen) atoms. The Morgan fingerprint density at radius 1 is 0.896 bits per heavy atom. The molecule has 1 heterocycles. The molecule has 1 saturated heterocycles. The zero-order valence-electron chi connectivity index (χ0n) is 26.5. The molecular weight excluding hydrogens is 630 g/mol. The Morgan fingerprint density at radius 2 is 1.67 bits per heavy atom. The molecule has 1 N–H and O–H groups in total. The number of carbonyl (C=O) groups excluding carboxylic acids is 4. The van der Waals surface area contributed by atoms with Gasteiger partial charge in [0.25, 0.3) is 0 Å². The van der Waals surface area contributed by atoms with Crippen molar-refractivity contribution in [3.63, 3.8) is 0 Å². The number of hydrogen-bond acceptors (Lipinski definition) is 7. The van der Waals surface area contributed by atoms with Gasteiger partial charge in [0.15, 0.2) is 11.6 Å². The summed E-state index contributed by atoms with van der Waals surface area (Å²) in [5, 5.41) is 10.3. The number of benzene rings is 3. The van der Waals surface area contributed by atoms with E-state index in [2.05, 4.69) is 0 Å². The second-order valence-corrected chi connectivity index (χ2v) is 12.9. The molecule has 4 unspecified atom stereocenters. The predicted molar refractivity (Wildman–Crippen MR) is 182 cm³/mol. The number of phenolic OH excluding ortho intramolecular Hbond substituents is 1. The van der Waals surface area contributed by atoms with E-state index in [0.717, 1.165) is 16.7 Å². The van der Waals surface area contributed by atoms with Gasteiger partial charge in [-0.05, 0) is 85.4 Å². The standard InChI is InChI=1S/C39H32ClNO7/c1-20-16-32(43)30-19-29-26(34(36(30)37(20)44)27-12-10-24(42)18-31(27)40)13-14-28-35(29)39(46)41(38(28)45)23-8-5-21(6-9-23)4-7-22-17-25(47-2)11-15-33(22)48-3/h4-13,15-18,28-29,34-35,42H,14,19H2,1-3H3. The molecule has 0 radical (unpaired) electrons. The minimum Gasteiger partial charge on any atom is -0.508 e. The lowest BCUT2D eigenvalue weighted by Crippen LogP contribution is -2.39. The minimum atomic E-state index is -0.708. The maximum atomic E-state index is 14.2. The fourth-order valence-corrected chi connectivity index (χ4v) is 7.90. The van der Waals surface area contributed by atoms with E-state index in [1.807, 2.05) is 48.6 Å². The highest BCUT2D eigenvalue weighted by Gasteiger charge is 2.56. The summed E-state index contributed by atoms with van der Waals surface area (Å²) < 4.78 is 10.8. The number of carbonyl (C=O) groups is 4. The van der Waals surface area contributed by atoms with Gasteiger partial charge < -0.3 is 14.6 Å². The molecule has 242 valence electrons. The molecule has 7 rings (SSSR count). The molecule has 9 heteroatoms. The van der Waals surface area contributed by atoms with E-state index in [4.69, 9.17) is 21.1 Å². The number of nitrogens with zero attached hydrogens (tertiary/aromatic N) is 1. The molecule has 0 aromatic heterocycles. The molecule has 1 fully saturated rings. The van der Waals surface area contributed by atoms with Crippen molar-refractivity contribution in [2.24, 2.45) is 17.8 Å². The van der Waals surface area contributed by atoms with Crippen molar-refractivity contribution in [3.8, 4) is 17.2 Å². The van der Waals surface area contributed by atoms with Gasteiger partial charge in [-0.15, -0.1) is 0 Å². The molecule has 3 aromatic rings. The lowest BCUT2D eigenvalue weighted by Gasteiger charge is -2.42. The number of aromatic hydroxyl groups is 1. The van der Waals surface area contributed by atoms with E-state index in [-0.39, 0.29) is 40.6 Å². The second kappa shape index (κ2) is 12.1. The number of phenols is 1. The zero-order valence-corrected chi connectivity index (χ0v) is 27.3. The normalized spacial score (nSPS) is 23.5. The number of hydrogen-bond donors (Lipinski definition) is 1. The molecule has 0 spiro atoms. The molecule has 2 amide bonds. The first-order valence-electron chi connectivity index (χ1n) is 15.7. The lowest BCUT2D eigenvalue weighted by atomic mass is 9.59. The van der Waals surface area contributed by atoms with Gasteiger partial charge in [0.1, 0.15) is 17.2 Å². The van der Waals surface area contributed by atoms with Crippen LogP contribution in [0.25, 0.3) is 12.2 Å². The number of halogens is 1. The van der Waals surface area contributed by atoms with E-state index in [1.54, 1.807) is 39.3 Å². The average Bonchev–Trinajstić information content (AvgIpc) is 3.34. The van der Waals surface area contributed by atoms with E-state index in [9.17, 15) is 24.3 Å². The number of rotatable bonds is 6. The molecular formula is C39H32ClNO7. The van der Waals surface area contributed by atoms with Crippen molar-refractivity contribution in [2.45, 2.75) is 25.7 Å². The van der Waals surface area contributed by atoms with Crippen molar-refractivity contribution >= 4 is 52.8 Å². The van der Waals surface area contributed by atoms with Crippen LogP contribution in [0.3, 0.4) is 0 Å². The summed E-state index contributed by atoms with van der Waals surface area (Å²) >= 11 is 6.64. The molecule has 0 saturated carbocycles. The van der Waals surface area contributed by atoms with Crippen LogP contribution in [0, 0.1) is 17.8 Å². The molecule has 3 aromatic carbocycles. The van der Waals surface area contributed by atoms with Crippen LogP contribution in [0.15, 0.2) is 95.1 Å². The topological polar surface area (TPSA) is 110 Å². The average molecular weight is 662 g/mol. The van der Waals surface area contributed by atoms with Crippen molar-refractivity contribution < 1.29 is 33.8 Å². The highest BCUT2D eigenvalue weighted by atomic mass is 35.5. The van der Waals surface area contributed by atoms with Crippen LogP contribution in [0.4, 0.5) is 5.69 Å². The first kappa shape index (κ1) is 31.4. The summed E-state index contributed by atoms with van der Waals surface area (Å²) in [5.74, 6) is -2.24.